The van der Waals surface area contributed by atoms with Crippen molar-refractivity contribution in [2.24, 2.45) is 5.92 Å². The van der Waals surface area contributed by atoms with Crippen LogP contribution in [0, 0.1) is 5.92 Å². The Labute approximate surface area is 67.5 Å². The third-order valence-corrected chi connectivity index (χ3v) is 1.56. The Morgan fingerprint density at radius 1 is 1.73 bits per heavy atom. The lowest BCUT2D eigenvalue weighted by Gasteiger charge is -2.08. The van der Waals surface area contributed by atoms with E-state index < -0.39 is 6.67 Å². The van der Waals surface area contributed by atoms with E-state index >= 15 is 0 Å². The summed E-state index contributed by atoms with van der Waals surface area (Å²) in [7, 11) is 1.86. The van der Waals surface area contributed by atoms with Gasteiger partial charge in [-0.05, 0) is 12.8 Å². The lowest BCUT2D eigenvalue weighted by molar-refractivity contribution is -0.144. The molecule has 0 amide bonds. The Morgan fingerprint density at radius 3 is 2.73 bits per heavy atom. The number of halogens is 1. The van der Waals surface area contributed by atoms with E-state index in [1.54, 1.807) is 6.92 Å². The zero-order valence-electron chi connectivity index (χ0n) is 7.10. The van der Waals surface area contributed by atoms with E-state index in [-0.39, 0.29) is 18.3 Å². The average Bonchev–Trinajstić information content (AvgIpc) is 2.01. The van der Waals surface area contributed by atoms with Crippen LogP contribution in [-0.4, -0.2) is 27.1 Å². The van der Waals surface area contributed by atoms with Gasteiger partial charge in [0, 0.05) is 0 Å². The van der Waals surface area contributed by atoms with Gasteiger partial charge in [-0.1, -0.05) is 6.32 Å². The van der Waals surface area contributed by atoms with Crippen molar-refractivity contribution in [1.82, 2.24) is 0 Å². The van der Waals surface area contributed by atoms with Gasteiger partial charge in [-0.2, -0.15) is 0 Å². The first-order valence-corrected chi connectivity index (χ1v) is 3.96. The highest BCUT2D eigenvalue weighted by atomic mass is 19.1. The molecule has 0 spiro atoms. The van der Waals surface area contributed by atoms with Gasteiger partial charge >= 0.3 is 5.97 Å². The van der Waals surface area contributed by atoms with Crippen LogP contribution >= 0.6 is 0 Å². The number of rotatable bonds is 5. The van der Waals surface area contributed by atoms with Crippen molar-refractivity contribution in [3.63, 3.8) is 0 Å². The zero-order valence-corrected chi connectivity index (χ0v) is 7.10. The maximum absolute atomic E-state index is 12.1. The molecular formula is C7H14BFO2. The maximum atomic E-state index is 12.1. The Kier molecular flexibility index (Phi) is 5.89. The van der Waals surface area contributed by atoms with Crippen molar-refractivity contribution in [2.45, 2.75) is 19.7 Å². The Morgan fingerprint density at radius 2 is 2.36 bits per heavy atom. The normalized spacial score (nSPS) is 12.5. The lowest BCUT2D eigenvalue weighted by atomic mass is 9.90. The van der Waals surface area contributed by atoms with Crippen molar-refractivity contribution >= 4 is 13.8 Å². The SMILES string of the molecule is BC[C@@H](CF)CC(=O)OCC. The average molecular weight is 160 g/mol. The molecular weight excluding hydrogens is 146 g/mol. The molecule has 0 heterocycles. The van der Waals surface area contributed by atoms with Crippen LogP contribution in [0.5, 0.6) is 0 Å². The highest BCUT2D eigenvalue weighted by Crippen LogP contribution is 2.08. The largest absolute Gasteiger partial charge is 0.466 e. The molecule has 0 aromatic rings. The van der Waals surface area contributed by atoms with Crippen molar-refractivity contribution < 1.29 is 13.9 Å². The summed E-state index contributed by atoms with van der Waals surface area (Å²) in [6.45, 7) is 1.69. The Balaban J connectivity index is 3.54. The summed E-state index contributed by atoms with van der Waals surface area (Å²) in [5, 5.41) is 0. The Hall–Kier alpha value is -0.535. The predicted molar refractivity (Wildman–Crippen MR) is 44.1 cm³/mol. The molecule has 0 saturated carbocycles. The molecule has 0 bridgehead atoms. The summed E-state index contributed by atoms with van der Waals surface area (Å²) in [6.07, 6.45) is 0.899. The predicted octanol–water partition coefficient (Wildman–Crippen LogP) is 0.577. The highest BCUT2D eigenvalue weighted by molar-refractivity contribution is 6.08. The van der Waals surface area contributed by atoms with Gasteiger partial charge in [0.1, 0.15) is 7.85 Å². The van der Waals surface area contributed by atoms with Crippen LogP contribution in [0.3, 0.4) is 0 Å². The minimum atomic E-state index is -0.435. The number of carbonyl (C=O) groups is 1. The van der Waals surface area contributed by atoms with E-state index in [2.05, 4.69) is 4.74 Å². The van der Waals surface area contributed by atoms with Crippen LogP contribution in [0.1, 0.15) is 13.3 Å². The molecule has 0 aliphatic heterocycles. The molecule has 0 radical (unpaired) electrons. The van der Waals surface area contributed by atoms with Crippen LogP contribution in [0.15, 0.2) is 0 Å². The second-order valence-corrected chi connectivity index (χ2v) is 2.44. The van der Waals surface area contributed by atoms with E-state index in [1.165, 1.54) is 0 Å². The summed E-state index contributed by atoms with van der Waals surface area (Å²) in [4.78, 5) is 10.8. The highest BCUT2D eigenvalue weighted by Gasteiger charge is 2.11. The second kappa shape index (κ2) is 6.19. The molecule has 0 N–H and O–H groups in total. The van der Waals surface area contributed by atoms with Crippen molar-refractivity contribution in [3.8, 4) is 0 Å². The van der Waals surface area contributed by atoms with Crippen LogP contribution in [0.2, 0.25) is 6.32 Å². The van der Waals surface area contributed by atoms with Gasteiger partial charge in [-0.3, -0.25) is 9.18 Å². The van der Waals surface area contributed by atoms with E-state index in [4.69, 9.17) is 0 Å². The zero-order chi connectivity index (χ0) is 8.69. The molecule has 0 fully saturated rings. The maximum Gasteiger partial charge on any atom is 0.306 e. The number of hydrogen-bond acceptors (Lipinski definition) is 2. The van der Waals surface area contributed by atoms with Gasteiger partial charge in [0.15, 0.2) is 0 Å². The molecule has 0 rings (SSSR count). The lowest BCUT2D eigenvalue weighted by Crippen LogP contribution is -2.12. The number of carbonyl (C=O) groups excluding carboxylic acids is 1. The standard InChI is InChI=1S/C7H14BFO2/c1-2-11-7(10)3-6(4-8)5-9/h6H,2-5,8H2,1H3/t6-/m0/s1. The third-order valence-electron chi connectivity index (χ3n) is 1.56. The molecule has 0 aromatic carbocycles. The first kappa shape index (κ1) is 10.5. The summed E-state index contributed by atoms with van der Waals surface area (Å²) in [5.74, 6) is -0.453. The number of hydrogen-bond donors (Lipinski definition) is 0. The summed E-state index contributed by atoms with van der Waals surface area (Å²) in [5.41, 5.74) is 0. The Bertz CT molecular complexity index is 115. The minimum Gasteiger partial charge on any atom is -0.466 e. The number of alkyl halides is 1. The quantitative estimate of drug-likeness (QED) is 0.434. The van der Waals surface area contributed by atoms with Crippen molar-refractivity contribution in [2.75, 3.05) is 13.3 Å². The monoisotopic (exact) mass is 160 g/mol. The molecule has 0 aromatic heterocycles. The van der Waals surface area contributed by atoms with E-state index in [0.717, 1.165) is 0 Å². The molecule has 11 heavy (non-hydrogen) atoms. The van der Waals surface area contributed by atoms with Gasteiger partial charge in [0.05, 0.1) is 19.7 Å². The topological polar surface area (TPSA) is 26.3 Å². The smallest absolute Gasteiger partial charge is 0.306 e. The van der Waals surface area contributed by atoms with Crippen LogP contribution < -0.4 is 0 Å². The molecule has 1 atom stereocenters. The minimum absolute atomic E-state index is 0.158. The van der Waals surface area contributed by atoms with Crippen molar-refractivity contribution in [3.05, 3.63) is 0 Å². The second-order valence-electron chi connectivity index (χ2n) is 2.44. The molecule has 64 valence electrons. The summed E-state index contributed by atoms with van der Waals surface area (Å²) in [6, 6.07) is 0. The van der Waals surface area contributed by atoms with Crippen molar-refractivity contribution in [1.29, 1.82) is 0 Å². The van der Waals surface area contributed by atoms with Gasteiger partial charge in [-0.25, -0.2) is 0 Å². The van der Waals surface area contributed by atoms with E-state index in [0.29, 0.717) is 12.9 Å². The summed E-state index contributed by atoms with van der Waals surface area (Å²) >= 11 is 0. The van der Waals surface area contributed by atoms with E-state index in [9.17, 15) is 9.18 Å². The fourth-order valence-corrected chi connectivity index (χ4v) is 0.764. The van der Waals surface area contributed by atoms with Gasteiger partial charge in [0.25, 0.3) is 0 Å². The molecule has 4 heteroatoms. The number of ether oxygens (including phenoxy) is 1. The van der Waals surface area contributed by atoms with E-state index in [1.807, 2.05) is 7.85 Å². The van der Waals surface area contributed by atoms with Crippen LogP contribution in [-0.2, 0) is 9.53 Å². The number of esters is 1. The van der Waals surface area contributed by atoms with Crippen LogP contribution in [0.25, 0.3) is 0 Å². The molecule has 0 aliphatic rings. The molecule has 0 aliphatic carbocycles. The first-order chi connectivity index (χ1) is 5.24. The summed E-state index contributed by atoms with van der Waals surface area (Å²) < 4.78 is 16.7. The first-order valence-electron chi connectivity index (χ1n) is 3.96. The third kappa shape index (κ3) is 4.82. The fourth-order valence-electron chi connectivity index (χ4n) is 0.764. The van der Waals surface area contributed by atoms with Gasteiger partial charge in [-0.15, -0.1) is 0 Å². The van der Waals surface area contributed by atoms with Gasteiger partial charge in [0.2, 0.25) is 0 Å². The fraction of sp³-hybridized carbons (Fsp3) is 0.857. The van der Waals surface area contributed by atoms with Gasteiger partial charge < -0.3 is 4.74 Å². The molecule has 0 unspecified atom stereocenters. The molecule has 2 nitrogen and oxygen atoms in total. The van der Waals surface area contributed by atoms with Crippen LogP contribution in [0.4, 0.5) is 4.39 Å². The molecule has 0 saturated heterocycles.